The summed E-state index contributed by atoms with van der Waals surface area (Å²) in [6, 6.07) is 3.56. The first kappa shape index (κ1) is 8.80. The first-order valence-corrected chi connectivity index (χ1v) is 4.35. The summed E-state index contributed by atoms with van der Waals surface area (Å²) >= 11 is 0. The van der Waals surface area contributed by atoms with Gasteiger partial charge in [0.2, 0.25) is 5.91 Å². The van der Waals surface area contributed by atoms with E-state index in [-0.39, 0.29) is 11.8 Å². The summed E-state index contributed by atoms with van der Waals surface area (Å²) in [5.74, 6) is -1.98. The summed E-state index contributed by atoms with van der Waals surface area (Å²) in [6.45, 7) is 0. The molecule has 2 atom stereocenters. The third-order valence-electron chi connectivity index (χ3n) is 2.29. The number of nitrogens with one attached hydrogen (secondary N) is 1. The van der Waals surface area contributed by atoms with Crippen molar-refractivity contribution in [3.05, 3.63) is 24.5 Å². The Morgan fingerprint density at radius 3 is 2.43 bits per heavy atom. The number of carboxylic acid groups (broad SMARTS) is 1. The van der Waals surface area contributed by atoms with E-state index in [1.54, 1.807) is 24.5 Å². The molecule has 1 aliphatic carbocycles. The topological polar surface area (TPSA) is 71.3 Å². The fourth-order valence-corrected chi connectivity index (χ4v) is 1.38. The zero-order valence-corrected chi connectivity index (χ0v) is 7.38. The third kappa shape index (κ3) is 1.61. The minimum absolute atomic E-state index is 0.228. The van der Waals surface area contributed by atoms with Crippen LogP contribution in [0.3, 0.4) is 0 Å². The highest BCUT2D eigenvalue weighted by Gasteiger charge is 2.48. The van der Waals surface area contributed by atoms with Crippen LogP contribution in [0.25, 0.3) is 0 Å². The zero-order chi connectivity index (χ0) is 10.1. The van der Waals surface area contributed by atoms with E-state index in [2.05, 4.69) is 5.43 Å². The molecule has 2 N–H and O–H groups in total. The standard InChI is InChI=1S/C9H10N2O3/c12-8(6-5-7(6)9(13)14)10-11-3-1-2-4-11/h1-4,6-7H,5H2,(H,10,12)(H,13,14). The van der Waals surface area contributed by atoms with E-state index in [1.807, 2.05) is 0 Å². The molecular formula is C9H10N2O3. The average Bonchev–Trinajstić information content (AvgIpc) is 2.80. The Labute approximate surface area is 80.3 Å². The molecule has 1 heterocycles. The van der Waals surface area contributed by atoms with E-state index in [0.29, 0.717) is 6.42 Å². The summed E-state index contributed by atoms with van der Waals surface area (Å²) in [6.07, 6.45) is 3.83. The second-order valence-electron chi connectivity index (χ2n) is 3.35. The Bertz CT molecular complexity index is 358. The van der Waals surface area contributed by atoms with Gasteiger partial charge in [0.1, 0.15) is 0 Å². The Morgan fingerprint density at radius 1 is 1.29 bits per heavy atom. The highest BCUT2D eigenvalue weighted by atomic mass is 16.4. The van der Waals surface area contributed by atoms with Crippen molar-refractivity contribution in [1.82, 2.24) is 4.68 Å². The van der Waals surface area contributed by atoms with E-state index in [0.717, 1.165) is 0 Å². The normalized spacial score (nSPS) is 24.3. The van der Waals surface area contributed by atoms with E-state index < -0.39 is 11.9 Å². The summed E-state index contributed by atoms with van der Waals surface area (Å²) in [7, 11) is 0. The highest BCUT2D eigenvalue weighted by molar-refractivity contribution is 5.93. The van der Waals surface area contributed by atoms with Crippen molar-refractivity contribution < 1.29 is 14.7 Å². The molecule has 74 valence electrons. The molecule has 0 bridgehead atoms. The molecule has 1 fully saturated rings. The lowest BCUT2D eigenvalue weighted by molar-refractivity contribution is -0.139. The molecule has 1 aromatic heterocycles. The Balaban J connectivity index is 1.90. The Kier molecular flexibility index (Phi) is 1.99. The van der Waals surface area contributed by atoms with Crippen LogP contribution in [-0.2, 0) is 9.59 Å². The molecule has 0 radical (unpaired) electrons. The van der Waals surface area contributed by atoms with E-state index in [4.69, 9.17) is 5.11 Å². The van der Waals surface area contributed by atoms with Gasteiger partial charge in [-0.1, -0.05) is 0 Å². The maximum absolute atomic E-state index is 11.4. The number of carbonyl (C=O) groups excluding carboxylic acids is 1. The van der Waals surface area contributed by atoms with Gasteiger partial charge in [-0.15, -0.1) is 0 Å². The minimum atomic E-state index is -0.891. The fourth-order valence-electron chi connectivity index (χ4n) is 1.38. The van der Waals surface area contributed by atoms with Crippen molar-refractivity contribution in [2.75, 3.05) is 5.43 Å². The van der Waals surface area contributed by atoms with Crippen LogP contribution in [0.2, 0.25) is 0 Å². The molecular weight excluding hydrogens is 184 g/mol. The van der Waals surface area contributed by atoms with Crippen molar-refractivity contribution in [2.24, 2.45) is 11.8 Å². The SMILES string of the molecule is O=C(O)C1CC1C(=O)Nn1cccc1. The number of nitrogens with zero attached hydrogens (tertiary/aromatic N) is 1. The van der Waals surface area contributed by atoms with Crippen molar-refractivity contribution in [3.63, 3.8) is 0 Å². The maximum Gasteiger partial charge on any atom is 0.307 e. The molecule has 0 saturated heterocycles. The molecule has 5 nitrogen and oxygen atoms in total. The van der Waals surface area contributed by atoms with Crippen LogP contribution >= 0.6 is 0 Å². The summed E-state index contributed by atoms with van der Waals surface area (Å²) in [5.41, 5.74) is 2.58. The number of hydrogen-bond acceptors (Lipinski definition) is 2. The van der Waals surface area contributed by atoms with Gasteiger partial charge in [-0.3, -0.25) is 19.7 Å². The van der Waals surface area contributed by atoms with Gasteiger partial charge in [-0.05, 0) is 18.6 Å². The van der Waals surface area contributed by atoms with Gasteiger partial charge in [-0.2, -0.15) is 0 Å². The van der Waals surface area contributed by atoms with Crippen LogP contribution in [0.4, 0.5) is 0 Å². The summed E-state index contributed by atoms with van der Waals surface area (Å²) in [5, 5.41) is 8.61. The minimum Gasteiger partial charge on any atom is -0.481 e. The quantitative estimate of drug-likeness (QED) is 0.725. The number of rotatable bonds is 3. The molecule has 2 rings (SSSR count). The van der Waals surface area contributed by atoms with Crippen molar-refractivity contribution in [3.8, 4) is 0 Å². The molecule has 0 aromatic carbocycles. The van der Waals surface area contributed by atoms with E-state index in [1.165, 1.54) is 4.68 Å². The third-order valence-corrected chi connectivity index (χ3v) is 2.29. The van der Waals surface area contributed by atoms with Crippen LogP contribution in [0, 0.1) is 11.8 Å². The lowest BCUT2D eigenvalue weighted by Crippen LogP contribution is -2.24. The number of hydrogen-bond donors (Lipinski definition) is 2. The second kappa shape index (κ2) is 3.17. The van der Waals surface area contributed by atoms with Crippen LogP contribution in [0.5, 0.6) is 0 Å². The lowest BCUT2D eigenvalue weighted by Gasteiger charge is -2.04. The molecule has 0 aliphatic heterocycles. The van der Waals surface area contributed by atoms with Gasteiger partial charge < -0.3 is 5.11 Å². The van der Waals surface area contributed by atoms with Gasteiger partial charge >= 0.3 is 5.97 Å². The van der Waals surface area contributed by atoms with Gasteiger partial charge in [0.25, 0.3) is 0 Å². The number of aromatic nitrogens is 1. The van der Waals surface area contributed by atoms with Crippen molar-refractivity contribution in [2.45, 2.75) is 6.42 Å². The van der Waals surface area contributed by atoms with Crippen LogP contribution in [-0.4, -0.2) is 21.7 Å². The molecule has 14 heavy (non-hydrogen) atoms. The molecule has 1 aliphatic rings. The van der Waals surface area contributed by atoms with E-state index in [9.17, 15) is 9.59 Å². The molecule has 0 spiro atoms. The van der Waals surface area contributed by atoms with Gasteiger partial charge in [0.05, 0.1) is 11.8 Å². The van der Waals surface area contributed by atoms with Gasteiger partial charge in [-0.25, -0.2) is 0 Å². The average molecular weight is 194 g/mol. The molecule has 5 heteroatoms. The van der Waals surface area contributed by atoms with Crippen molar-refractivity contribution >= 4 is 11.9 Å². The Hall–Kier alpha value is -1.78. The Morgan fingerprint density at radius 2 is 1.93 bits per heavy atom. The van der Waals surface area contributed by atoms with Crippen molar-refractivity contribution in [1.29, 1.82) is 0 Å². The number of carboxylic acids is 1. The largest absolute Gasteiger partial charge is 0.481 e. The first-order valence-electron chi connectivity index (χ1n) is 4.35. The smallest absolute Gasteiger partial charge is 0.307 e. The predicted octanol–water partition coefficient (Wildman–Crippen LogP) is 0.279. The van der Waals surface area contributed by atoms with E-state index >= 15 is 0 Å². The lowest BCUT2D eigenvalue weighted by atomic mass is 10.3. The van der Waals surface area contributed by atoms with Crippen LogP contribution < -0.4 is 5.43 Å². The van der Waals surface area contributed by atoms with Crippen LogP contribution in [0.1, 0.15) is 6.42 Å². The number of amides is 1. The molecule has 1 aromatic rings. The number of carbonyl (C=O) groups is 2. The second-order valence-corrected chi connectivity index (χ2v) is 3.35. The molecule has 2 unspecified atom stereocenters. The fraction of sp³-hybridized carbons (Fsp3) is 0.333. The number of aliphatic carboxylic acids is 1. The van der Waals surface area contributed by atoms with Gasteiger partial charge in [0.15, 0.2) is 0 Å². The van der Waals surface area contributed by atoms with Crippen LogP contribution in [0.15, 0.2) is 24.5 Å². The summed E-state index contributed by atoms with van der Waals surface area (Å²) < 4.78 is 1.51. The maximum atomic E-state index is 11.4. The molecule has 1 saturated carbocycles. The summed E-state index contributed by atoms with van der Waals surface area (Å²) in [4.78, 5) is 21.9. The highest BCUT2D eigenvalue weighted by Crippen LogP contribution is 2.38. The van der Waals surface area contributed by atoms with Gasteiger partial charge in [0, 0.05) is 12.4 Å². The first-order chi connectivity index (χ1) is 6.68. The zero-order valence-electron chi connectivity index (χ0n) is 7.38. The monoisotopic (exact) mass is 194 g/mol. The predicted molar refractivity (Wildman–Crippen MR) is 48.0 cm³/mol. The molecule has 1 amide bonds.